The Morgan fingerprint density at radius 1 is 0.548 bits per heavy atom. The fourth-order valence-corrected chi connectivity index (χ4v) is 14.4. The zero-order chi connectivity index (χ0) is 21.7. The second-order valence-corrected chi connectivity index (χ2v) is 16.4. The van der Waals surface area contributed by atoms with Crippen LogP contribution < -0.4 is 10.7 Å². The van der Waals surface area contributed by atoms with Gasteiger partial charge in [-0.05, 0) is 0 Å². The van der Waals surface area contributed by atoms with Gasteiger partial charge in [0.2, 0.25) is 0 Å². The molecule has 0 heterocycles. The molecule has 0 fully saturated rings. The van der Waals surface area contributed by atoms with E-state index in [2.05, 4.69) is 0 Å². The van der Waals surface area contributed by atoms with E-state index in [1.165, 1.54) is 12.1 Å². The summed E-state index contributed by atoms with van der Waals surface area (Å²) < 4.78 is 9.38. The molecule has 0 unspecified atom stereocenters. The first-order chi connectivity index (χ1) is 15.1. The summed E-state index contributed by atoms with van der Waals surface area (Å²) in [7, 11) is 0. The van der Waals surface area contributed by atoms with Crippen LogP contribution in [0.4, 0.5) is 0 Å². The van der Waals surface area contributed by atoms with Crippen LogP contribution in [0.5, 0.6) is 0 Å². The summed E-state index contributed by atoms with van der Waals surface area (Å²) in [5.74, 6) is -1.78. The Labute approximate surface area is 185 Å². The van der Waals surface area contributed by atoms with Gasteiger partial charge in [-0.3, -0.25) is 0 Å². The first-order valence-corrected chi connectivity index (χ1v) is 15.3. The Morgan fingerprint density at radius 3 is 1.29 bits per heavy atom. The molecule has 4 nitrogen and oxygen atoms in total. The minimum absolute atomic E-state index is 0.0545. The number of carboxylic acid groups (broad SMARTS) is 1. The molecule has 0 aliphatic rings. The van der Waals surface area contributed by atoms with Crippen molar-refractivity contribution in [1.29, 1.82) is 0 Å². The van der Waals surface area contributed by atoms with E-state index in [1.54, 1.807) is 12.1 Å². The van der Waals surface area contributed by atoms with Crippen molar-refractivity contribution in [2.75, 3.05) is 0 Å². The van der Waals surface area contributed by atoms with E-state index in [-0.39, 0.29) is 11.1 Å². The van der Waals surface area contributed by atoms with Gasteiger partial charge < -0.3 is 0 Å². The van der Waals surface area contributed by atoms with Gasteiger partial charge in [0.05, 0.1) is 0 Å². The molecule has 31 heavy (non-hydrogen) atoms. The van der Waals surface area contributed by atoms with Gasteiger partial charge in [0.1, 0.15) is 0 Å². The molecule has 0 saturated carbocycles. The predicted octanol–water partition coefficient (Wildman–Crippen LogP) is 3.21. The fraction of sp³-hybridized carbons (Fsp3) is 0. The van der Waals surface area contributed by atoms with Crippen LogP contribution >= 0.6 is 0 Å². The molecular weight excluding hydrogens is 495 g/mol. The van der Waals surface area contributed by atoms with Gasteiger partial charge in [-0.1, -0.05) is 0 Å². The molecule has 5 heteroatoms. The van der Waals surface area contributed by atoms with Crippen LogP contribution in [0.15, 0.2) is 115 Å². The second-order valence-electron chi connectivity index (χ2n) is 7.02. The number of hydrogen-bond donors (Lipinski definition) is 1. The zero-order valence-corrected chi connectivity index (χ0v) is 19.5. The molecule has 0 amide bonds. The van der Waals surface area contributed by atoms with Crippen molar-refractivity contribution in [1.82, 2.24) is 0 Å². The van der Waals surface area contributed by atoms with Crippen molar-refractivity contribution in [3.8, 4) is 0 Å². The number of aromatic carboxylic acids is 1. The predicted molar refractivity (Wildman–Crippen MR) is 123 cm³/mol. The first kappa shape index (κ1) is 20.9. The number of rotatable bonds is 6. The first-order valence-electron chi connectivity index (χ1n) is 9.85. The number of carboxylic acids is 1. The van der Waals surface area contributed by atoms with E-state index in [0.717, 1.165) is 10.7 Å². The molecule has 0 bridgehead atoms. The van der Waals surface area contributed by atoms with Gasteiger partial charge in [-0.25, -0.2) is 0 Å². The normalized spacial score (nSPS) is 11.0. The van der Waals surface area contributed by atoms with E-state index in [0.29, 0.717) is 0 Å². The van der Waals surface area contributed by atoms with Crippen molar-refractivity contribution in [2.24, 2.45) is 0 Å². The van der Waals surface area contributed by atoms with Crippen LogP contribution in [0.1, 0.15) is 20.7 Å². The molecule has 0 radical (unpaired) electrons. The quantitative estimate of drug-likeness (QED) is 0.401. The summed E-state index contributed by atoms with van der Waals surface area (Å²) in [6, 6.07) is 35.5. The minimum atomic E-state index is -4.30. The van der Waals surface area contributed by atoms with Crippen molar-refractivity contribution >= 4 is 41.5 Å². The van der Waals surface area contributed by atoms with Crippen LogP contribution in [-0.2, 0) is 3.07 Å². The summed E-state index contributed by atoms with van der Waals surface area (Å²) in [5.41, 5.74) is -0.0132. The number of carbonyl (C=O) groups is 2. The van der Waals surface area contributed by atoms with Gasteiger partial charge in [0.15, 0.2) is 0 Å². The van der Waals surface area contributed by atoms with Gasteiger partial charge in [-0.2, -0.15) is 0 Å². The molecule has 0 aromatic heterocycles. The molecule has 0 aliphatic carbocycles. The topological polar surface area (TPSA) is 63.6 Å². The van der Waals surface area contributed by atoms with Crippen molar-refractivity contribution in [3.05, 3.63) is 126 Å². The standard InChI is InChI=1S/C8H6O4.3C6H5.Sn/c9-7(10)5-3-1-2-4-6(5)8(11)12;3*1-2-4-6-5-3-1;/h1-4H,(H,9,10)(H,11,12);3*1-5H;/q;;;;+1/p-1. The van der Waals surface area contributed by atoms with Crippen LogP contribution in [0.3, 0.4) is 0 Å². The van der Waals surface area contributed by atoms with E-state index < -0.39 is 30.7 Å². The van der Waals surface area contributed by atoms with E-state index in [9.17, 15) is 14.7 Å². The zero-order valence-electron chi connectivity index (χ0n) is 16.6. The Kier molecular flexibility index (Phi) is 6.18. The Hall–Kier alpha value is -3.38. The van der Waals surface area contributed by atoms with E-state index in [1.807, 2.05) is 91.0 Å². The average Bonchev–Trinajstić information content (AvgIpc) is 2.84. The molecule has 0 atom stereocenters. The summed E-state index contributed by atoms with van der Waals surface area (Å²) in [5, 5.41) is 9.57. The summed E-state index contributed by atoms with van der Waals surface area (Å²) in [6.07, 6.45) is 0. The van der Waals surface area contributed by atoms with Crippen molar-refractivity contribution in [2.45, 2.75) is 0 Å². The van der Waals surface area contributed by atoms with Gasteiger partial charge in [-0.15, -0.1) is 0 Å². The maximum atomic E-state index is 13.5. The van der Waals surface area contributed by atoms with Crippen LogP contribution in [0, 0.1) is 0 Å². The Bertz CT molecular complexity index is 1100. The molecule has 4 rings (SSSR count). The van der Waals surface area contributed by atoms with Crippen molar-refractivity contribution in [3.63, 3.8) is 0 Å². The van der Waals surface area contributed by atoms with E-state index in [4.69, 9.17) is 3.07 Å². The molecule has 0 aliphatic heterocycles. The van der Waals surface area contributed by atoms with Gasteiger partial charge in [0.25, 0.3) is 0 Å². The number of carbonyl (C=O) groups excluding carboxylic acids is 1. The molecule has 0 saturated heterocycles. The number of hydrogen-bond acceptors (Lipinski definition) is 3. The molecule has 152 valence electrons. The summed E-state index contributed by atoms with van der Waals surface area (Å²) >= 11 is -4.30. The third kappa shape index (κ3) is 4.11. The molecule has 1 N–H and O–H groups in total. The van der Waals surface area contributed by atoms with Gasteiger partial charge >= 0.3 is 186 Å². The third-order valence-electron chi connectivity index (χ3n) is 5.16. The number of benzene rings is 4. The SMILES string of the molecule is O=C(O)c1ccccc1C(=O)[O][Sn]([c]1ccccc1)([c]1ccccc1)[c]1ccccc1. The van der Waals surface area contributed by atoms with Crippen LogP contribution in [0.25, 0.3) is 0 Å². The second kappa shape index (κ2) is 9.18. The van der Waals surface area contributed by atoms with Crippen LogP contribution in [0.2, 0.25) is 0 Å². The molecular formula is C26H20O4Sn. The Balaban J connectivity index is 1.95. The third-order valence-corrected chi connectivity index (χ3v) is 16.4. The van der Waals surface area contributed by atoms with E-state index >= 15 is 0 Å². The maximum absolute atomic E-state index is 13.5. The van der Waals surface area contributed by atoms with Crippen molar-refractivity contribution < 1.29 is 17.8 Å². The fourth-order valence-electron chi connectivity index (χ4n) is 3.74. The monoisotopic (exact) mass is 516 g/mol. The molecule has 4 aromatic rings. The molecule has 0 spiro atoms. The van der Waals surface area contributed by atoms with Crippen LogP contribution in [-0.4, -0.2) is 35.8 Å². The summed E-state index contributed by atoms with van der Waals surface area (Å²) in [6.45, 7) is 0. The average molecular weight is 515 g/mol. The summed E-state index contributed by atoms with van der Waals surface area (Å²) in [4.78, 5) is 25.2. The Morgan fingerprint density at radius 2 is 0.903 bits per heavy atom. The van der Waals surface area contributed by atoms with Gasteiger partial charge in [0, 0.05) is 0 Å². The molecule has 4 aromatic carbocycles.